The number of rotatable bonds is 5. The lowest BCUT2D eigenvalue weighted by atomic mass is 10.1. The number of ether oxygens (including phenoxy) is 1. The average Bonchev–Trinajstić information content (AvgIpc) is 3.13. The molecule has 0 aliphatic carbocycles. The number of hydrogen-bond donors (Lipinski definition) is 1. The zero-order chi connectivity index (χ0) is 22.9. The van der Waals surface area contributed by atoms with Gasteiger partial charge in [0.25, 0.3) is 0 Å². The molecule has 3 heterocycles. The van der Waals surface area contributed by atoms with Crippen LogP contribution in [0.4, 0.5) is 20.8 Å². The van der Waals surface area contributed by atoms with E-state index in [1.54, 1.807) is 11.0 Å². The van der Waals surface area contributed by atoms with Gasteiger partial charge in [-0.1, -0.05) is 0 Å². The van der Waals surface area contributed by atoms with Crippen molar-refractivity contribution in [2.75, 3.05) is 47.5 Å². The molecule has 2 fully saturated rings. The van der Waals surface area contributed by atoms with E-state index in [1.165, 1.54) is 36.4 Å². The highest BCUT2D eigenvalue weighted by molar-refractivity contribution is 7.91. The summed E-state index contributed by atoms with van der Waals surface area (Å²) in [7, 11) is -3.01. The van der Waals surface area contributed by atoms with E-state index in [1.807, 2.05) is 0 Å². The van der Waals surface area contributed by atoms with Crippen LogP contribution in [0.5, 0.6) is 0 Å². The molecule has 170 valence electrons. The third-order valence-corrected chi connectivity index (χ3v) is 6.90. The van der Waals surface area contributed by atoms with Crippen molar-refractivity contribution in [1.29, 1.82) is 0 Å². The van der Waals surface area contributed by atoms with Crippen molar-refractivity contribution < 1.29 is 27.1 Å². The number of carbonyl (C=O) groups is 2. The number of hydrogen-bond acceptors (Lipinski definition) is 8. The number of benzene rings is 1. The van der Waals surface area contributed by atoms with Crippen molar-refractivity contribution in [3.63, 3.8) is 0 Å². The summed E-state index contributed by atoms with van der Waals surface area (Å²) in [5.41, 5.74) is 1.06. The van der Waals surface area contributed by atoms with Gasteiger partial charge in [0.2, 0.25) is 11.9 Å². The highest BCUT2D eigenvalue weighted by atomic mass is 32.2. The average molecular weight is 463 g/mol. The molecule has 12 heteroatoms. The van der Waals surface area contributed by atoms with Gasteiger partial charge in [-0.15, -0.1) is 0 Å². The summed E-state index contributed by atoms with van der Waals surface area (Å²) in [6, 6.07) is 4.37. The number of carbonyl (C=O) groups excluding carboxylic acids is 2. The molecule has 32 heavy (non-hydrogen) atoms. The van der Waals surface area contributed by atoms with Crippen LogP contribution >= 0.6 is 0 Å². The van der Waals surface area contributed by atoms with Crippen molar-refractivity contribution in [2.24, 2.45) is 0 Å². The summed E-state index contributed by atoms with van der Waals surface area (Å²) in [4.78, 5) is 34.8. The molecule has 0 radical (unpaired) electrons. The number of sulfone groups is 1. The number of cyclic esters (lactones) is 1. The Balaban J connectivity index is 1.45. The first-order valence-corrected chi connectivity index (χ1v) is 11.8. The molecule has 2 amide bonds. The van der Waals surface area contributed by atoms with Crippen molar-refractivity contribution in [3.05, 3.63) is 36.4 Å². The molecule has 1 unspecified atom stereocenters. The van der Waals surface area contributed by atoms with Crippen molar-refractivity contribution >= 4 is 33.5 Å². The van der Waals surface area contributed by atoms with Gasteiger partial charge in [-0.3, -0.25) is 9.69 Å². The number of nitrogens with one attached hydrogen (secondary N) is 1. The summed E-state index contributed by atoms with van der Waals surface area (Å²) >= 11 is 0. The van der Waals surface area contributed by atoms with E-state index in [4.69, 9.17) is 4.74 Å². The van der Waals surface area contributed by atoms with E-state index in [0.29, 0.717) is 30.3 Å². The number of anilines is 2. The summed E-state index contributed by atoms with van der Waals surface area (Å²) in [6.07, 6.45) is 1.84. The molecule has 2 aromatic rings. The second kappa shape index (κ2) is 8.69. The van der Waals surface area contributed by atoms with Crippen LogP contribution in [-0.2, 0) is 19.4 Å². The maximum Gasteiger partial charge on any atom is 0.414 e. The molecule has 2 aliphatic heterocycles. The fourth-order valence-corrected chi connectivity index (χ4v) is 4.74. The third kappa shape index (κ3) is 4.79. The minimum Gasteiger partial charge on any atom is -0.442 e. The maximum atomic E-state index is 14.8. The number of amides is 2. The number of halogens is 1. The summed E-state index contributed by atoms with van der Waals surface area (Å²) in [5.74, 6) is -0.280. The third-order valence-electron chi connectivity index (χ3n) is 5.29. The van der Waals surface area contributed by atoms with Gasteiger partial charge in [-0.2, -0.15) is 0 Å². The Morgan fingerprint density at radius 1 is 1.25 bits per heavy atom. The molecule has 1 N–H and O–H groups in total. The van der Waals surface area contributed by atoms with Crippen molar-refractivity contribution in [2.45, 2.75) is 13.0 Å². The van der Waals surface area contributed by atoms with Crippen LogP contribution in [0.2, 0.25) is 0 Å². The topological polar surface area (TPSA) is 122 Å². The normalized spacial score (nSPS) is 20.2. The van der Waals surface area contributed by atoms with E-state index >= 15 is 0 Å². The van der Waals surface area contributed by atoms with Gasteiger partial charge in [0.05, 0.1) is 30.3 Å². The fraction of sp³-hybridized carbons (Fsp3) is 0.400. The van der Waals surface area contributed by atoms with Crippen LogP contribution in [0, 0.1) is 5.82 Å². The van der Waals surface area contributed by atoms with E-state index in [-0.39, 0.29) is 36.1 Å². The van der Waals surface area contributed by atoms with Gasteiger partial charge < -0.3 is 15.0 Å². The molecule has 4 rings (SSSR count). The molecular weight excluding hydrogens is 441 g/mol. The highest BCUT2D eigenvalue weighted by Gasteiger charge is 2.32. The van der Waals surface area contributed by atoms with Crippen LogP contribution in [0.15, 0.2) is 30.6 Å². The van der Waals surface area contributed by atoms with Crippen LogP contribution in [0.3, 0.4) is 0 Å². The Kier molecular flexibility index (Phi) is 5.96. The van der Waals surface area contributed by atoms with E-state index in [2.05, 4.69) is 15.3 Å². The van der Waals surface area contributed by atoms with Crippen molar-refractivity contribution in [3.8, 4) is 11.1 Å². The van der Waals surface area contributed by atoms with Gasteiger partial charge in [0.15, 0.2) is 9.84 Å². The SMILES string of the molecule is CC(=O)NCC1CN(c2ccc(-c3cnc(N4CCS(=O)(=O)CC4)nc3)c(F)c2)C(=O)O1. The molecule has 1 aromatic heterocycles. The first-order valence-electron chi connectivity index (χ1n) is 10.0. The van der Waals surface area contributed by atoms with Crippen LogP contribution in [0.25, 0.3) is 11.1 Å². The van der Waals surface area contributed by atoms with Crippen LogP contribution in [0.1, 0.15) is 6.92 Å². The Morgan fingerprint density at radius 3 is 2.56 bits per heavy atom. The van der Waals surface area contributed by atoms with Crippen molar-refractivity contribution in [1.82, 2.24) is 15.3 Å². The second-order valence-electron chi connectivity index (χ2n) is 7.63. The molecule has 0 bridgehead atoms. The van der Waals surface area contributed by atoms with Gasteiger partial charge >= 0.3 is 6.09 Å². The number of nitrogens with zero attached hydrogens (tertiary/aromatic N) is 4. The Hall–Kier alpha value is -3.28. The summed E-state index contributed by atoms with van der Waals surface area (Å²) in [5, 5.41) is 2.59. The minimum atomic E-state index is -3.01. The first-order chi connectivity index (χ1) is 15.2. The molecular formula is C20H22FN5O5S. The molecule has 2 aliphatic rings. The minimum absolute atomic E-state index is 0.0544. The Labute approximate surface area is 184 Å². The van der Waals surface area contributed by atoms with E-state index in [0.717, 1.165) is 0 Å². The predicted molar refractivity (Wildman–Crippen MR) is 115 cm³/mol. The molecule has 10 nitrogen and oxygen atoms in total. The maximum absolute atomic E-state index is 14.8. The molecule has 1 atom stereocenters. The van der Waals surface area contributed by atoms with Gasteiger partial charge in [-0.05, 0) is 18.2 Å². The van der Waals surface area contributed by atoms with Gasteiger partial charge in [-0.25, -0.2) is 27.6 Å². The number of aromatic nitrogens is 2. The molecule has 0 saturated carbocycles. The van der Waals surface area contributed by atoms with E-state index in [9.17, 15) is 22.4 Å². The molecule has 2 saturated heterocycles. The zero-order valence-electron chi connectivity index (χ0n) is 17.3. The lowest BCUT2D eigenvalue weighted by molar-refractivity contribution is -0.119. The van der Waals surface area contributed by atoms with Crippen LogP contribution in [-0.4, -0.2) is 74.2 Å². The van der Waals surface area contributed by atoms with E-state index < -0.39 is 27.9 Å². The summed E-state index contributed by atoms with van der Waals surface area (Å²) < 4.78 is 43.2. The monoisotopic (exact) mass is 463 g/mol. The second-order valence-corrected chi connectivity index (χ2v) is 9.93. The smallest absolute Gasteiger partial charge is 0.414 e. The van der Waals surface area contributed by atoms with Crippen LogP contribution < -0.4 is 15.1 Å². The lowest BCUT2D eigenvalue weighted by Gasteiger charge is -2.26. The van der Waals surface area contributed by atoms with Gasteiger partial charge in [0, 0.05) is 43.5 Å². The summed E-state index contributed by atoms with van der Waals surface area (Å²) in [6.45, 7) is 2.39. The lowest BCUT2D eigenvalue weighted by Crippen LogP contribution is -2.41. The highest BCUT2D eigenvalue weighted by Crippen LogP contribution is 2.29. The quantitative estimate of drug-likeness (QED) is 0.696. The Bertz CT molecular complexity index is 1130. The largest absolute Gasteiger partial charge is 0.442 e. The Morgan fingerprint density at radius 2 is 1.94 bits per heavy atom. The zero-order valence-corrected chi connectivity index (χ0v) is 18.1. The fourth-order valence-electron chi connectivity index (χ4n) is 3.54. The molecule has 1 aromatic carbocycles. The first kappa shape index (κ1) is 21.9. The predicted octanol–water partition coefficient (Wildman–Crippen LogP) is 0.979. The standard InChI is InChI=1S/C20H22FN5O5S/c1-13(27)22-11-16-12-26(20(28)31-16)15-2-3-17(18(21)8-15)14-9-23-19(24-10-14)25-4-6-32(29,30)7-5-25/h2-3,8-10,16H,4-7,11-12H2,1H3,(H,22,27). The molecule has 0 spiro atoms. The van der Waals surface area contributed by atoms with Gasteiger partial charge in [0.1, 0.15) is 11.9 Å².